The molecule has 0 aliphatic carbocycles. The lowest BCUT2D eigenvalue weighted by molar-refractivity contribution is 0.646. The molecule has 3 aromatic carbocycles. The van der Waals surface area contributed by atoms with Crippen LogP contribution in [0.3, 0.4) is 0 Å². The summed E-state index contributed by atoms with van der Waals surface area (Å²) in [5, 5.41) is 4.19. The first-order chi connectivity index (χ1) is 14.1. The molecule has 1 unspecified atom stereocenters. The Morgan fingerprint density at radius 3 is 2.55 bits per heavy atom. The number of hydrogen-bond donors (Lipinski definition) is 1. The van der Waals surface area contributed by atoms with Crippen molar-refractivity contribution >= 4 is 33.8 Å². The summed E-state index contributed by atoms with van der Waals surface area (Å²) in [6, 6.07) is 20.2. The molecule has 0 aromatic heterocycles. The summed E-state index contributed by atoms with van der Waals surface area (Å²) < 4.78 is 13.2. The smallest absolute Gasteiger partial charge is 0.0892 e. The maximum Gasteiger partial charge on any atom is 0.0892 e. The van der Waals surface area contributed by atoms with Gasteiger partial charge < -0.3 is 10.2 Å². The second-order valence-corrected chi connectivity index (χ2v) is 9.26. The molecule has 0 amide bonds. The van der Waals surface area contributed by atoms with Crippen LogP contribution in [0, 0.1) is 13.8 Å². The highest BCUT2D eigenvalue weighted by atomic mass is 35.5. The van der Waals surface area contributed by atoms with Crippen molar-refractivity contribution in [2.24, 2.45) is 0 Å². The normalized spacial score (nSPS) is 15.1. The van der Waals surface area contributed by atoms with Gasteiger partial charge in [0.25, 0.3) is 0 Å². The van der Waals surface area contributed by atoms with Gasteiger partial charge in [-0.25, -0.2) is 4.21 Å². The summed E-state index contributed by atoms with van der Waals surface area (Å²) in [6.07, 6.45) is 0.970. The van der Waals surface area contributed by atoms with Gasteiger partial charge in [0.05, 0.1) is 32.0 Å². The molecule has 5 heteroatoms. The summed E-state index contributed by atoms with van der Waals surface area (Å²) in [7, 11) is -1.19. The summed E-state index contributed by atoms with van der Waals surface area (Å²) in [4.78, 5) is 4.02. The lowest BCUT2D eigenvalue weighted by Gasteiger charge is -2.34. The van der Waals surface area contributed by atoms with E-state index >= 15 is 0 Å². The average Bonchev–Trinajstić information content (AvgIpc) is 2.73. The first kappa shape index (κ1) is 20.1. The zero-order chi connectivity index (χ0) is 20.4. The summed E-state index contributed by atoms with van der Waals surface area (Å²) >= 11 is 6.30. The van der Waals surface area contributed by atoms with Gasteiger partial charge in [-0.3, -0.25) is 0 Å². The van der Waals surface area contributed by atoms with Gasteiger partial charge in [-0.1, -0.05) is 48.0 Å². The van der Waals surface area contributed by atoms with E-state index in [1.807, 2.05) is 30.3 Å². The quantitative estimate of drug-likeness (QED) is 0.511. The van der Waals surface area contributed by atoms with E-state index in [0.717, 1.165) is 47.2 Å². The molecule has 1 heterocycles. The van der Waals surface area contributed by atoms with E-state index in [1.165, 1.54) is 16.7 Å². The van der Waals surface area contributed by atoms with Gasteiger partial charge in [-0.2, -0.15) is 0 Å². The number of halogens is 1. The molecule has 1 aliphatic rings. The van der Waals surface area contributed by atoms with Gasteiger partial charge in [0.1, 0.15) is 0 Å². The highest BCUT2D eigenvalue weighted by Gasteiger charge is 2.29. The van der Waals surface area contributed by atoms with Gasteiger partial charge in [0, 0.05) is 18.1 Å². The minimum atomic E-state index is -1.19. The molecule has 0 saturated carbocycles. The predicted octanol–water partition coefficient (Wildman–Crippen LogP) is 5.75. The molecule has 1 N–H and O–H groups in total. The third-order valence-corrected chi connectivity index (χ3v) is 7.16. The number of benzene rings is 3. The van der Waals surface area contributed by atoms with E-state index in [4.69, 9.17) is 11.6 Å². The van der Waals surface area contributed by atoms with Crippen LogP contribution in [-0.4, -0.2) is 17.3 Å². The Morgan fingerprint density at radius 1 is 1.00 bits per heavy atom. The predicted molar refractivity (Wildman–Crippen MR) is 122 cm³/mol. The average molecular weight is 425 g/mol. The Bertz CT molecular complexity index is 1050. The molecule has 3 nitrogen and oxygen atoms in total. The van der Waals surface area contributed by atoms with Crippen molar-refractivity contribution < 1.29 is 4.21 Å². The van der Waals surface area contributed by atoms with Crippen LogP contribution in [0.5, 0.6) is 0 Å². The first-order valence-electron chi connectivity index (χ1n) is 9.90. The van der Waals surface area contributed by atoms with E-state index < -0.39 is 10.8 Å². The molecule has 0 saturated heterocycles. The second-order valence-electron chi connectivity index (χ2n) is 7.40. The molecule has 3 aromatic rings. The topological polar surface area (TPSA) is 32.3 Å². The Morgan fingerprint density at radius 2 is 1.76 bits per heavy atom. The van der Waals surface area contributed by atoms with Crippen LogP contribution in [-0.2, 0) is 17.3 Å². The Labute approximate surface area is 180 Å². The van der Waals surface area contributed by atoms with Crippen molar-refractivity contribution in [3.05, 3.63) is 82.4 Å². The molecular formula is C24H25ClN2OS. The van der Waals surface area contributed by atoms with Crippen LogP contribution in [0.1, 0.15) is 23.1 Å². The molecular weight excluding hydrogens is 400 g/mol. The lowest BCUT2D eigenvalue weighted by Crippen LogP contribution is -2.28. The molecule has 0 fully saturated rings. The number of aryl methyl sites for hydroxylation is 1. The summed E-state index contributed by atoms with van der Waals surface area (Å²) in [5.41, 5.74) is 5.70. The van der Waals surface area contributed by atoms with Crippen molar-refractivity contribution in [1.82, 2.24) is 5.32 Å². The zero-order valence-corrected chi connectivity index (χ0v) is 18.3. The van der Waals surface area contributed by atoms with Crippen LogP contribution < -0.4 is 10.2 Å². The van der Waals surface area contributed by atoms with Gasteiger partial charge >= 0.3 is 0 Å². The van der Waals surface area contributed by atoms with Gasteiger partial charge in [-0.15, -0.1) is 0 Å². The molecule has 0 radical (unpaired) electrons. The third kappa shape index (κ3) is 4.11. The highest BCUT2D eigenvalue weighted by Crippen LogP contribution is 2.45. The summed E-state index contributed by atoms with van der Waals surface area (Å²) in [5.74, 6) is 0. The SMILES string of the molecule is Cc1ccc2c(c1C)N(CCCNCc1ccccc1)c1cc(Cl)ccc1S2=O. The molecule has 0 bridgehead atoms. The van der Waals surface area contributed by atoms with E-state index in [9.17, 15) is 4.21 Å². The van der Waals surface area contributed by atoms with E-state index in [1.54, 1.807) is 0 Å². The van der Waals surface area contributed by atoms with Crippen molar-refractivity contribution in [2.75, 3.05) is 18.0 Å². The Kier molecular flexibility index (Phi) is 6.04. The standard InChI is InChI=1S/C24H25ClN2OS/c1-17-9-11-23-24(18(17)2)27(21-15-20(25)10-12-22(21)29(23)28)14-6-13-26-16-19-7-4-3-5-8-19/h3-5,7-12,15,26H,6,13-14,16H2,1-2H3. The minimum Gasteiger partial charge on any atom is -0.339 e. The third-order valence-electron chi connectivity index (χ3n) is 5.45. The van der Waals surface area contributed by atoms with Gasteiger partial charge in [-0.05, 0) is 67.8 Å². The molecule has 29 heavy (non-hydrogen) atoms. The van der Waals surface area contributed by atoms with Gasteiger partial charge in [0.2, 0.25) is 0 Å². The van der Waals surface area contributed by atoms with Gasteiger partial charge in [0.15, 0.2) is 0 Å². The Balaban J connectivity index is 1.56. The van der Waals surface area contributed by atoms with Crippen molar-refractivity contribution in [3.63, 3.8) is 0 Å². The maximum atomic E-state index is 13.2. The van der Waals surface area contributed by atoms with Crippen LogP contribution in [0.25, 0.3) is 0 Å². The number of rotatable bonds is 6. The Hall–Kier alpha value is -2.14. The second kappa shape index (κ2) is 8.70. The molecule has 1 atom stereocenters. The number of nitrogens with one attached hydrogen (secondary N) is 1. The van der Waals surface area contributed by atoms with Crippen LogP contribution >= 0.6 is 11.6 Å². The zero-order valence-electron chi connectivity index (χ0n) is 16.7. The van der Waals surface area contributed by atoms with E-state index in [2.05, 4.69) is 54.4 Å². The molecule has 0 spiro atoms. The van der Waals surface area contributed by atoms with Crippen molar-refractivity contribution in [3.8, 4) is 0 Å². The van der Waals surface area contributed by atoms with Crippen LogP contribution in [0.15, 0.2) is 70.5 Å². The fourth-order valence-corrected chi connectivity index (χ4v) is 5.37. The minimum absolute atomic E-state index is 0.668. The van der Waals surface area contributed by atoms with E-state index in [-0.39, 0.29) is 0 Å². The maximum absolute atomic E-state index is 13.2. The highest BCUT2D eigenvalue weighted by molar-refractivity contribution is 7.85. The number of hydrogen-bond acceptors (Lipinski definition) is 3. The number of nitrogens with zero attached hydrogens (tertiary/aromatic N) is 1. The van der Waals surface area contributed by atoms with Crippen LogP contribution in [0.4, 0.5) is 11.4 Å². The van der Waals surface area contributed by atoms with E-state index in [0.29, 0.717) is 5.02 Å². The number of fused-ring (bicyclic) bond motifs is 2. The molecule has 150 valence electrons. The largest absolute Gasteiger partial charge is 0.339 e. The fourth-order valence-electron chi connectivity index (χ4n) is 3.78. The lowest BCUT2D eigenvalue weighted by atomic mass is 10.1. The molecule has 1 aliphatic heterocycles. The van der Waals surface area contributed by atoms with Crippen molar-refractivity contribution in [1.29, 1.82) is 0 Å². The summed E-state index contributed by atoms with van der Waals surface area (Å²) in [6.45, 7) is 6.82. The first-order valence-corrected chi connectivity index (χ1v) is 11.4. The number of anilines is 2. The van der Waals surface area contributed by atoms with Crippen LogP contribution in [0.2, 0.25) is 5.02 Å². The molecule has 4 rings (SSSR count). The monoisotopic (exact) mass is 424 g/mol. The fraction of sp³-hybridized carbons (Fsp3) is 0.250. The van der Waals surface area contributed by atoms with Crippen molar-refractivity contribution in [2.45, 2.75) is 36.6 Å².